The number of ketones is 1. The van der Waals surface area contributed by atoms with E-state index < -0.39 is 5.63 Å². The SMILES string of the molecule is COc1cc2oc(=O)ccc2cc1CC(=O)C(C)C. The van der Waals surface area contributed by atoms with Gasteiger partial charge in [-0.1, -0.05) is 13.8 Å². The number of hydrogen-bond donors (Lipinski definition) is 0. The molecule has 0 spiro atoms. The second-order valence-electron chi connectivity index (χ2n) is 4.75. The summed E-state index contributed by atoms with van der Waals surface area (Å²) in [6.45, 7) is 3.74. The van der Waals surface area contributed by atoms with Crippen LogP contribution in [0, 0.1) is 5.92 Å². The zero-order chi connectivity index (χ0) is 14.0. The molecule has 0 fully saturated rings. The predicted octanol–water partition coefficient (Wildman–Crippen LogP) is 2.57. The standard InChI is InChI=1S/C15H16O4/c1-9(2)12(16)7-11-6-10-4-5-15(17)19-14(10)8-13(11)18-3/h4-6,8-9H,7H2,1-3H3. The molecule has 0 radical (unpaired) electrons. The van der Waals surface area contributed by atoms with Crippen LogP contribution in [0.3, 0.4) is 0 Å². The number of ether oxygens (including phenoxy) is 1. The van der Waals surface area contributed by atoms with Crippen LogP contribution in [0.4, 0.5) is 0 Å². The van der Waals surface area contributed by atoms with Crippen molar-refractivity contribution in [1.82, 2.24) is 0 Å². The first-order chi connectivity index (χ1) is 9.01. The maximum absolute atomic E-state index is 11.8. The third-order valence-electron chi connectivity index (χ3n) is 3.03. The minimum absolute atomic E-state index is 0.0193. The first-order valence-electron chi connectivity index (χ1n) is 6.14. The lowest BCUT2D eigenvalue weighted by Gasteiger charge is -2.10. The number of hydrogen-bond acceptors (Lipinski definition) is 4. The largest absolute Gasteiger partial charge is 0.496 e. The summed E-state index contributed by atoms with van der Waals surface area (Å²) in [6.07, 6.45) is 0.315. The summed E-state index contributed by atoms with van der Waals surface area (Å²) in [5.41, 5.74) is 0.869. The van der Waals surface area contributed by atoms with Crippen molar-refractivity contribution in [3.63, 3.8) is 0 Å². The van der Waals surface area contributed by atoms with Gasteiger partial charge in [-0.2, -0.15) is 0 Å². The highest BCUT2D eigenvalue weighted by molar-refractivity contribution is 5.86. The molecular formula is C15H16O4. The van der Waals surface area contributed by atoms with Crippen molar-refractivity contribution in [1.29, 1.82) is 0 Å². The van der Waals surface area contributed by atoms with Crippen LogP contribution < -0.4 is 10.4 Å². The molecule has 0 aliphatic carbocycles. The van der Waals surface area contributed by atoms with E-state index >= 15 is 0 Å². The fourth-order valence-electron chi connectivity index (χ4n) is 1.86. The van der Waals surface area contributed by atoms with Gasteiger partial charge in [0.1, 0.15) is 17.1 Å². The maximum atomic E-state index is 11.8. The number of benzene rings is 1. The average Bonchev–Trinajstić information content (AvgIpc) is 2.38. The van der Waals surface area contributed by atoms with Gasteiger partial charge in [0.2, 0.25) is 0 Å². The van der Waals surface area contributed by atoms with Crippen LogP contribution in [0.2, 0.25) is 0 Å². The lowest BCUT2D eigenvalue weighted by molar-refractivity contribution is -0.121. The van der Waals surface area contributed by atoms with Crippen LogP contribution in [0.25, 0.3) is 11.0 Å². The molecule has 1 heterocycles. The fourth-order valence-corrected chi connectivity index (χ4v) is 1.86. The number of carbonyl (C=O) groups is 1. The Bertz CT molecular complexity index is 667. The molecule has 0 unspecified atom stereocenters. The van der Waals surface area contributed by atoms with Crippen LogP contribution in [-0.2, 0) is 11.2 Å². The summed E-state index contributed by atoms with van der Waals surface area (Å²) >= 11 is 0. The van der Waals surface area contributed by atoms with E-state index in [-0.39, 0.29) is 11.7 Å². The Morgan fingerprint density at radius 2 is 2.05 bits per heavy atom. The van der Waals surface area contributed by atoms with E-state index in [1.54, 1.807) is 12.1 Å². The van der Waals surface area contributed by atoms with Crippen molar-refractivity contribution in [2.75, 3.05) is 7.11 Å². The zero-order valence-electron chi connectivity index (χ0n) is 11.2. The van der Waals surface area contributed by atoms with Crippen molar-refractivity contribution >= 4 is 16.8 Å². The molecule has 2 aromatic rings. The van der Waals surface area contributed by atoms with E-state index in [2.05, 4.69) is 0 Å². The molecule has 1 aromatic carbocycles. The van der Waals surface area contributed by atoms with E-state index in [0.29, 0.717) is 17.8 Å². The van der Waals surface area contributed by atoms with Gasteiger partial charge < -0.3 is 9.15 Å². The number of fused-ring (bicyclic) bond motifs is 1. The summed E-state index contributed by atoms with van der Waals surface area (Å²) in [4.78, 5) is 23.0. The molecule has 0 aliphatic heterocycles. The molecule has 19 heavy (non-hydrogen) atoms. The summed E-state index contributed by atoms with van der Waals surface area (Å²) in [6, 6.07) is 6.53. The van der Waals surface area contributed by atoms with Crippen molar-refractivity contribution in [2.24, 2.45) is 5.92 Å². The first kappa shape index (κ1) is 13.3. The Hall–Kier alpha value is -2.10. The van der Waals surface area contributed by atoms with Crippen LogP contribution in [-0.4, -0.2) is 12.9 Å². The van der Waals surface area contributed by atoms with Gasteiger partial charge in [0.25, 0.3) is 0 Å². The third-order valence-corrected chi connectivity index (χ3v) is 3.03. The van der Waals surface area contributed by atoms with E-state index in [1.807, 2.05) is 19.9 Å². The van der Waals surface area contributed by atoms with E-state index in [4.69, 9.17) is 9.15 Å². The van der Waals surface area contributed by atoms with Gasteiger partial charge in [0.05, 0.1) is 7.11 Å². The summed E-state index contributed by atoms with van der Waals surface area (Å²) in [7, 11) is 1.53. The highest BCUT2D eigenvalue weighted by atomic mass is 16.5. The number of methoxy groups -OCH3 is 1. The number of rotatable bonds is 4. The minimum atomic E-state index is -0.402. The zero-order valence-corrected chi connectivity index (χ0v) is 11.2. The van der Waals surface area contributed by atoms with Crippen molar-refractivity contribution in [3.8, 4) is 5.75 Å². The molecule has 4 nitrogen and oxygen atoms in total. The van der Waals surface area contributed by atoms with Crippen LogP contribution in [0.15, 0.2) is 33.5 Å². The predicted molar refractivity (Wildman–Crippen MR) is 72.6 cm³/mol. The fraction of sp³-hybridized carbons (Fsp3) is 0.333. The summed E-state index contributed by atoms with van der Waals surface area (Å²) in [5, 5.41) is 0.784. The van der Waals surface area contributed by atoms with Gasteiger partial charge in [-0.05, 0) is 12.1 Å². The molecule has 0 saturated heterocycles. The Labute approximate surface area is 111 Å². The van der Waals surface area contributed by atoms with Gasteiger partial charge in [0.15, 0.2) is 0 Å². The van der Waals surface area contributed by atoms with Gasteiger partial charge in [0, 0.05) is 35.4 Å². The Morgan fingerprint density at radius 3 is 2.68 bits per heavy atom. The smallest absolute Gasteiger partial charge is 0.336 e. The first-order valence-corrected chi connectivity index (χ1v) is 6.14. The van der Waals surface area contributed by atoms with E-state index in [0.717, 1.165) is 10.9 Å². The quantitative estimate of drug-likeness (QED) is 0.793. The maximum Gasteiger partial charge on any atom is 0.336 e. The topological polar surface area (TPSA) is 56.5 Å². The second-order valence-corrected chi connectivity index (χ2v) is 4.75. The third kappa shape index (κ3) is 2.84. The molecule has 0 atom stereocenters. The lowest BCUT2D eigenvalue weighted by Crippen LogP contribution is -2.11. The molecular weight excluding hydrogens is 244 g/mol. The number of carbonyl (C=O) groups excluding carboxylic acids is 1. The van der Waals surface area contributed by atoms with E-state index in [9.17, 15) is 9.59 Å². The molecule has 1 aromatic heterocycles. The summed E-state index contributed by atoms with van der Waals surface area (Å²) in [5.74, 6) is 0.694. The van der Waals surface area contributed by atoms with Gasteiger partial charge >= 0.3 is 5.63 Å². The Balaban J connectivity index is 2.51. The molecule has 4 heteroatoms. The molecule has 0 saturated carbocycles. The van der Waals surface area contributed by atoms with Crippen molar-refractivity contribution in [2.45, 2.75) is 20.3 Å². The van der Waals surface area contributed by atoms with Crippen LogP contribution in [0.1, 0.15) is 19.4 Å². The van der Waals surface area contributed by atoms with Crippen molar-refractivity contribution < 1.29 is 13.9 Å². The highest BCUT2D eigenvalue weighted by Crippen LogP contribution is 2.26. The molecule has 0 amide bonds. The second kappa shape index (κ2) is 5.26. The van der Waals surface area contributed by atoms with Gasteiger partial charge in [-0.15, -0.1) is 0 Å². The normalized spacial score (nSPS) is 10.9. The monoisotopic (exact) mass is 260 g/mol. The van der Waals surface area contributed by atoms with Crippen LogP contribution in [0.5, 0.6) is 5.75 Å². The molecule has 0 bridgehead atoms. The Morgan fingerprint density at radius 1 is 1.32 bits per heavy atom. The highest BCUT2D eigenvalue weighted by Gasteiger charge is 2.13. The average molecular weight is 260 g/mol. The molecule has 2 rings (SSSR count). The van der Waals surface area contributed by atoms with E-state index in [1.165, 1.54) is 13.2 Å². The number of Topliss-reactive ketones (excluding diaryl/α,β-unsaturated/α-hetero) is 1. The molecule has 0 N–H and O–H groups in total. The van der Waals surface area contributed by atoms with Gasteiger partial charge in [-0.25, -0.2) is 4.79 Å². The molecule has 0 aliphatic rings. The van der Waals surface area contributed by atoms with Gasteiger partial charge in [-0.3, -0.25) is 4.79 Å². The lowest BCUT2D eigenvalue weighted by atomic mass is 9.99. The van der Waals surface area contributed by atoms with Crippen LogP contribution >= 0.6 is 0 Å². The summed E-state index contributed by atoms with van der Waals surface area (Å²) < 4.78 is 10.4. The minimum Gasteiger partial charge on any atom is -0.496 e. The molecule has 100 valence electrons. The van der Waals surface area contributed by atoms with Crippen molar-refractivity contribution in [3.05, 3.63) is 40.2 Å². The Kier molecular flexibility index (Phi) is 3.69.